The Labute approximate surface area is 165 Å². The summed E-state index contributed by atoms with van der Waals surface area (Å²) in [5.41, 5.74) is 2.65. The van der Waals surface area contributed by atoms with Gasteiger partial charge in [-0.05, 0) is 13.0 Å². The molecule has 0 saturated carbocycles. The van der Waals surface area contributed by atoms with E-state index in [-0.39, 0.29) is 12.1 Å². The molecule has 1 aliphatic rings. The number of fused-ring (bicyclic) bond motifs is 1. The number of nitrogens with zero attached hydrogens (tertiary/aromatic N) is 8. The van der Waals surface area contributed by atoms with E-state index >= 15 is 0 Å². The average Bonchev–Trinajstić information content (AvgIpc) is 3.43. The highest BCUT2D eigenvalue weighted by Crippen LogP contribution is 2.31. The first kappa shape index (κ1) is 17.3. The maximum atomic E-state index is 9.14. The molecule has 1 saturated heterocycles. The highest BCUT2D eigenvalue weighted by Gasteiger charge is 2.31. The molecule has 10 nitrogen and oxygen atoms in total. The summed E-state index contributed by atoms with van der Waals surface area (Å²) in [6.07, 6.45) is 10.2. The zero-order valence-corrected chi connectivity index (χ0v) is 15.6. The molecule has 4 aromatic heterocycles. The quantitative estimate of drug-likeness (QED) is 0.564. The fraction of sp³-hybridized carbons (Fsp3) is 0.263. The Balaban J connectivity index is 1.51. The van der Waals surface area contributed by atoms with Crippen LogP contribution in [-0.4, -0.2) is 53.7 Å². The van der Waals surface area contributed by atoms with Crippen LogP contribution in [0, 0.1) is 11.3 Å². The Morgan fingerprint density at radius 3 is 3.00 bits per heavy atom. The molecule has 0 amide bonds. The van der Waals surface area contributed by atoms with Gasteiger partial charge >= 0.3 is 0 Å². The Morgan fingerprint density at radius 2 is 2.17 bits per heavy atom. The van der Waals surface area contributed by atoms with Crippen LogP contribution in [0.25, 0.3) is 17.2 Å². The van der Waals surface area contributed by atoms with Gasteiger partial charge in [-0.15, -0.1) is 0 Å². The predicted molar refractivity (Wildman–Crippen MR) is 103 cm³/mol. The minimum atomic E-state index is -0.0963. The number of hydrogen-bond donors (Lipinski definition) is 1. The van der Waals surface area contributed by atoms with Gasteiger partial charge < -0.3 is 9.64 Å². The Bertz CT molecular complexity index is 1190. The van der Waals surface area contributed by atoms with E-state index in [0.717, 1.165) is 17.9 Å². The first-order valence-electron chi connectivity index (χ1n) is 9.18. The molecule has 5 rings (SSSR count). The second kappa shape index (κ2) is 6.96. The van der Waals surface area contributed by atoms with Gasteiger partial charge in [-0.3, -0.25) is 9.50 Å². The van der Waals surface area contributed by atoms with Gasteiger partial charge in [0.15, 0.2) is 17.2 Å². The zero-order chi connectivity index (χ0) is 19.8. The molecule has 10 heteroatoms. The van der Waals surface area contributed by atoms with Crippen molar-refractivity contribution >= 4 is 11.5 Å². The van der Waals surface area contributed by atoms with Crippen LogP contribution in [-0.2, 0) is 4.74 Å². The van der Waals surface area contributed by atoms with Gasteiger partial charge in [0.25, 0.3) is 0 Å². The van der Waals surface area contributed by atoms with Crippen molar-refractivity contribution in [3.8, 4) is 17.6 Å². The summed E-state index contributed by atoms with van der Waals surface area (Å²) >= 11 is 0. The average molecular weight is 387 g/mol. The van der Waals surface area contributed by atoms with Crippen LogP contribution < -0.4 is 4.90 Å². The topological polar surface area (TPSA) is 121 Å². The fourth-order valence-electron chi connectivity index (χ4n) is 3.64. The first-order valence-corrected chi connectivity index (χ1v) is 9.18. The number of nitrogens with one attached hydrogen (secondary N) is 1. The molecule has 0 aliphatic carbocycles. The number of anilines is 1. The van der Waals surface area contributed by atoms with Crippen molar-refractivity contribution in [1.29, 1.82) is 5.26 Å². The molecule has 1 fully saturated rings. The predicted octanol–water partition coefficient (Wildman–Crippen LogP) is 1.75. The number of imidazole rings is 1. The molecule has 1 N–H and O–H groups in total. The third-order valence-corrected chi connectivity index (χ3v) is 5.08. The normalized spacial score (nSPS) is 19.4. The molecule has 0 spiro atoms. The van der Waals surface area contributed by atoms with Crippen molar-refractivity contribution in [1.82, 2.24) is 34.5 Å². The fourth-order valence-corrected chi connectivity index (χ4v) is 3.64. The highest BCUT2D eigenvalue weighted by atomic mass is 16.5. The number of rotatable bonds is 3. The van der Waals surface area contributed by atoms with Crippen molar-refractivity contribution in [2.45, 2.75) is 19.1 Å². The molecule has 0 aromatic carbocycles. The van der Waals surface area contributed by atoms with Crippen LogP contribution in [0.1, 0.15) is 24.3 Å². The number of ether oxygens (including phenoxy) is 1. The maximum Gasteiger partial charge on any atom is 0.180 e. The van der Waals surface area contributed by atoms with E-state index in [0.29, 0.717) is 29.5 Å². The third kappa shape index (κ3) is 2.97. The van der Waals surface area contributed by atoms with Crippen molar-refractivity contribution in [2.75, 3.05) is 18.1 Å². The zero-order valence-electron chi connectivity index (χ0n) is 15.6. The summed E-state index contributed by atoms with van der Waals surface area (Å²) in [6.45, 7) is 3.42. The largest absolute Gasteiger partial charge is 0.369 e. The second-order valence-electron chi connectivity index (χ2n) is 6.75. The molecule has 0 unspecified atom stereocenters. The summed E-state index contributed by atoms with van der Waals surface area (Å²) in [7, 11) is 0. The number of H-pyrrole nitrogens is 1. The van der Waals surface area contributed by atoms with Crippen LogP contribution in [0.5, 0.6) is 0 Å². The lowest BCUT2D eigenvalue weighted by molar-refractivity contribution is 0.0143. The summed E-state index contributed by atoms with van der Waals surface area (Å²) in [5, 5.41) is 16.0. The van der Waals surface area contributed by atoms with E-state index in [4.69, 9.17) is 15.0 Å². The van der Waals surface area contributed by atoms with Gasteiger partial charge in [-0.1, -0.05) is 0 Å². The highest BCUT2D eigenvalue weighted by molar-refractivity contribution is 5.58. The van der Waals surface area contributed by atoms with E-state index in [9.17, 15) is 0 Å². The van der Waals surface area contributed by atoms with Crippen LogP contribution in [0.2, 0.25) is 0 Å². The standard InChI is InChI=1S/C19H17N9O/c1-12-18(13-7-24-25-8-13)29-5-4-27(12)16-2-3-21-19(26-16)15-9-23-17-10-22-14(6-20)11-28(15)17/h2-3,7-12,18H,4-5H2,1H3,(H,24,25)/t12-,18-/m1/s1. The van der Waals surface area contributed by atoms with Crippen molar-refractivity contribution in [2.24, 2.45) is 0 Å². The van der Waals surface area contributed by atoms with Crippen LogP contribution in [0.3, 0.4) is 0 Å². The van der Waals surface area contributed by atoms with Crippen molar-refractivity contribution < 1.29 is 4.74 Å². The summed E-state index contributed by atoms with van der Waals surface area (Å²) in [5.74, 6) is 1.34. The van der Waals surface area contributed by atoms with E-state index in [1.807, 2.05) is 18.3 Å². The molecular weight excluding hydrogens is 370 g/mol. The van der Waals surface area contributed by atoms with Gasteiger partial charge in [0.2, 0.25) is 0 Å². The summed E-state index contributed by atoms with van der Waals surface area (Å²) in [4.78, 5) is 19.8. The van der Waals surface area contributed by atoms with Crippen LogP contribution in [0.4, 0.5) is 5.82 Å². The van der Waals surface area contributed by atoms with E-state index in [2.05, 4.69) is 37.0 Å². The number of hydrogen-bond acceptors (Lipinski definition) is 8. The van der Waals surface area contributed by atoms with Crippen molar-refractivity contribution in [3.63, 3.8) is 0 Å². The monoisotopic (exact) mass is 387 g/mol. The number of aromatic amines is 1. The molecule has 0 radical (unpaired) electrons. The smallest absolute Gasteiger partial charge is 0.180 e. The van der Waals surface area contributed by atoms with Crippen LogP contribution in [0.15, 0.2) is 43.2 Å². The minimum Gasteiger partial charge on any atom is -0.369 e. The van der Waals surface area contributed by atoms with Gasteiger partial charge in [-0.25, -0.2) is 19.9 Å². The second-order valence-corrected chi connectivity index (χ2v) is 6.75. The van der Waals surface area contributed by atoms with Gasteiger partial charge in [-0.2, -0.15) is 10.4 Å². The number of aromatic nitrogens is 7. The van der Waals surface area contributed by atoms with E-state index in [1.54, 1.807) is 35.4 Å². The van der Waals surface area contributed by atoms with E-state index in [1.165, 1.54) is 0 Å². The molecule has 144 valence electrons. The summed E-state index contributed by atoms with van der Waals surface area (Å²) in [6, 6.07) is 4.01. The third-order valence-electron chi connectivity index (χ3n) is 5.08. The lowest BCUT2D eigenvalue weighted by Crippen LogP contribution is -2.46. The minimum absolute atomic E-state index is 0.0701. The van der Waals surface area contributed by atoms with E-state index < -0.39 is 0 Å². The molecule has 29 heavy (non-hydrogen) atoms. The van der Waals surface area contributed by atoms with Gasteiger partial charge in [0.05, 0.1) is 31.2 Å². The van der Waals surface area contributed by atoms with Gasteiger partial charge in [0, 0.05) is 30.7 Å². The van der Waals surface area contributed by atoms with Crippen molar-refractivity contribution in [3.05, 3.63) is 54.5 Å². The van der Waals surface area contributed by atoms with Crippen LogP contribution >= 0.6 is 0 Å². The first-order chi connectivity index (χ1) is 14.2. The molecular formula is C19H17N9O. The maximum absolute atomic E-state index is 9.14. The molecule has 2 atom stereocenters. The lowest BCUT2D eigenvalue weighted by Gasteiger charge is -2.39. The summed E-state index contributed by atoms with van der Waals surface area (Å²) < 4.78 is 7.75. The molecule has 1 aliphatic heterocycles. The Hall–Kier alpha value is -3.84. The molecule has 0 bridgehead atoms. The molecule has 4 aromatic rings. The Kier molecular flexibility index (Phi) is 4.14. The number of morpholine rings is 1. The SMILES string of the molecule is C[C@@H]1[C@H](c2cn[nH]c2)OCCN1c1ccnc(-c2cnc3cnc(C#N)cn23)n1. The van der Waals surface area contributed by atoms with Gasteiger partial charge in [0.1, 0.15) is 23.7 Å². The molecule has 5 heterocycles. The Morgan fingerprint density at radius 1 is 1.24 bits per heavy atom. The lowest BCUT2D eigenvalue weighted by atomic mass is 10.0. The number of nitriles is 1.